The van der Waals surface area contributed by atoms with Crippen LogP contribution in [-0.4, -0.2) is 56.2 Å². The molecule has 7 nitrogen and oxygen atoms in total. The Hall–Kier alpha value is -3.55. The van der Waals surface area contributed by atoms with Gasteiger partial charge in [0.05, 0.1) is 49.9 Å². The molecule has 0 fully saturated rings. The van der Waals surface area contributed by atoms with E-state index in [4.69, 9.17) is 14.2 Å². The SMILES string of the molecule is COC(=O)c1c(C)nc(COCCN(C)Cc2ccccc2)c(C(=O)OC)c1-c1ccccc1. The van der Waals surface area contributed by atoms with E-state index in [2.05, 4.69) is 22.0 Å². The Bertz CT molecular complexity index is 1120. The lowest BCUT2D eigenvalue weighted by Crippen LogP contribution is -2.23. The lowest BCUT2D eigenvalue weighted by molar-refractivity contribution is 0.0586. The van der Waals surface area contributed by atoms with E-state index >= 15 is 0 Å². The monoisotopic (exact) mass is 462 g/mol. The molecule has 0 aliphatic rings. The van der Waals surface area contributed by atoms with Crippen molar-refractivity contribution in [3.8, 4) is 11.1 Å². The van der Waals surface area contributed by atoms with E-state index in [-0.39, 0.29) is 17.7 Å². The van der Waals surface area contributed by atoms with Crippen LogP contribution in [0.25, 0.3) is 11.1 Å². The maximum absolute atomic E-state index is 12.9. The summed E-state index contributed by atoms with van der Waals surface area (Å²) >= 11 is 0. The summed E-state index contributed by atoms with van der Waals surface area (Å²) in [6, 6.07) is 19.4. The summed E-state index contributed by atoms with van der Waals surface area (Å²) in [5.74, 6) is -1.15. The van der Waals surface area contributed by atoms with Crippen molar-refractivity contribution in [2.75, 3.05) is 34.4 Å². The van der Waals surface area contributed by atoms with Crippen molar-refractivity contribution in [1.29, 1.82) is 0 Å². The highest BCUT2D eigenvalue weighted by molar-refractivity contribution is 6.07. The van der Waals surface area contributed by atoms with Crippen molar-refractivity contribution < 1.29 is 23.8 Å². The molecule has 0 atom stereocenters. The molecule has 0 spiro atoms. The third kappa shape index (κ3) is 6.07. The standard InChI is InChI=1S/C27H30N2O5/c1-19-23(26(30)32-3)24(21-13-9-6-10-14-21)25(27(31)33-4)22(28-19)18-34-16-15-29(2)17-20-11-7-5-8-12-20/h5-14H,15-18H2,1-4H3. The zero-order valence-electron chi connectivity index (χ0n) is 20.0. The van der Waals surface area contributed by atoms with Gasteiger partial charge in [0.25, 0.3) is 0 Å². The van der Waals surface area contributed by atoms with E-state index in [1.54, 1.807) is 6.92 Å². The highest BCUT2D eigenvalue weighted by atomic mass is 16.5. The van der Waals surface area contributed by atoms with Gasteiger partial charge in [0, 0.05) is 18.7 Å². The summed E-state index contributed by atoms with van der Waals surface area (Å²) in [5, 5.41) is 0. The number of hydrogen-bond donors (Lipinski definition) is 0. The van der Waals surface area contributed by atoms with Crippen molar-refractivity contribution in [2.24, 2.45) is 0 Å². The number of nitrogens with zero attached hydrogens (tertiary/aromatic N) is 2. The second-order valence-corrected chi connectivity index (χ2v) is 7.89. The van der Waals surface area contributed by atoms with Crippen molar-refractivity contribution in [3.63, 3.8) is 0 Å². The first-order valence-corrected chi connectivity index (χ1v) is 11.0. The van der Waals surface area contributed by atoms with Gasteiger partial charge in [-0.25, -0.2) is 9.59 Å². The van der Waals surface area contributed by atoms with Gasteiger partial charge in [0.15, 0.2) is 0 Å². The molecule has 0 aliphatic carbocycles. The number of benzene rings is 2. The number of aromatic nitrogens is 1. The number of pyridine rings is 1. The molecule has 3 aromatic rings. The highest BCUT2D eigenvalue weighted by Gasteiger charge is 2.28. The van der Waals surface area contributed by atoms with Gasteiger partial charge in [0.1, 0.15) is 0 Å². The van der Waals surface area contributed by atoms with Crippen molar-refractivity contribution >= 4 is 11.9 Å². The zero-order chi connectivity index (χ0) is 24.5. The smallest absolute Gasteiger partial charge is 0.340 e. The minimum Gasteiger partial charge on any atom is -0.465 e. The lowest BCUT2D eigenvalue weighted by Gasteiger charge is -2.19. The molecule has 1 aromatic heterocycles. The number of carbonyl (C=O) groups excluding carboxylic acids is 2. The van der Waals surface area contributed by atoms with Crippen molar-refractivity contribution in [2.45, 2.75) is 20.1 Å². The van der Waals surface area contributed by atoms with Gasteiger partial charge in [-0.1, -0.05) is 60.7 Å². The first-order valence-electron chi connectivity index (χ1n) is 11.0. The molecule has 0 aliphatic heterocycles. The van der Waals surface area contributed by atoms with E-state index in [0.717, 1.165) is 6.54 Å². The maximum Gasteiger partial charge on any atom is 0.340 e. The van der Waals surface area contributed by atoms with Gasteiger partial charge >= 0.3 is 11.9 Å². The molecule has 3 rings (SSSR count). The quantitative estimate of drug-likeness (QED) is 0.329. The normalized spacial score (nSPS) is 10.9. The molecule has 0 saturated carbocycles. The molecule has 0 unspecified atom stereocenters. The van der Waals surface area contributed by atoms with Gasteiger partial charge in [-0.05, 0) is 25.1 Å². The largest absolute Gasteiger partial charge is 0.465 e. The average Bonchev–Trinajstić information content (AvgIpc) is 2.86. The second kappa shape index (κ2) is 12.1. The van der Waals surface area contributed by atoms with Crippen LogP contribution in [0.5, 0.6) is 0 Å². The third-order valence-corrected chi connectivity index (χ3v) is 5.45. The molecule has 0 amide bonds. The molecule has 2 aromatic carbocycles. The predicted octanol–water partition coefficient (Wildman–Crippen LogP) is 4.28. The Morgan fingerprint density at radius 2 is 1.47 bits per heavy atom. The van der Waals surface area contributed by atoms with Crippen molar-refractivity contribution in [1.82, 2.24) is 9.88 Å². The second-order valence-electron chi connectivity index (χ2n) is 7.89. The fourth-order valence-electron chi connectivity index (χ4n) is 3.80. The van der Waals surface area contributed by atoms with Crippen LogP contribution >= 0.6 is 0 Å². The van der Waals surface area contributed by atoms with Gasteiger partial charge in [0.2, 0.25) is 0 Å². The number of esters is 2. The van der Waals surface area contributed by atoms with Crippen LogP contribution in [0.3, 0.4) is 0 Å². The Kier molecular flexibility index (Phi) is 8.90. The van der Waals surface area contributed by atoms with Crippen LogP contribution in [0.15, 0.2) is 60.7 Å². The van der Waals surface area contributed by atoms with Gasteiger partial charge in [-0.15, -0.1) is 0 Å². The Labute approximate surface area is 200 Å². The summed E-state index contributed by atoms with van der Waals surface area (Å²) < 4.78 is 16.0. The first kappa shape index (κ1) is 25.1. The average molecular weight is 463 g/mol. The summed E-state index contributed by atoms with van der Waals surface area (Å²) in [5.41, 5.74) is 3.67. The van der Waals surface area contributed by atoms with Gasteiger partial charge in [-0.2, -0.15) is 0 Å². The molecule has 1 heterocycles. The minimum atomic E-state index is -0.587. The van der Waals surface area contributed by atoms with E-state index in [0.29, 0.717) is 35.7 Å². The van der Waals surface area contributed by atoms with Crippen LogP contribution in [0.2, 0.25) is 0 Å². The fraction of sp³-hybridized carbons (Fsp3) is 0.296. The van der Waals surface area contributed by atoms with Crippen LogP contribution in [0.1, 0.15) is 37.7 Å². The molecule has 34 heavy (non-hydrogen) atoms. The predicted molar refractivity (Wildman–Crippen MR) is 130 cm³/mol. The molecule has 0 radical (unpaired) electrons. The molecule has 0 bridgehead atoms. The number of rotatable bonds is 10. The third-order valence-electron chi connectivity index (χ3n) is 5.45. The molecular formula is C27H30N2O5. The molecule has 7 heteroatoms. The minimum absolute atomic E-state index is 0.103. The maximum atomic E-state index is 12.9. The Balaban J connectivity index is 1.86. The summed E-state index contributed by atoms with van der Waals surface area (Å²) in [7, 11) is 4.63. The number of hydrogen-bond acceptors (Lipinski definition) is 7. The molecule has 178 valence electrons. The molecular weight excluding hydrogens is 432 g/mol. The van der Waals surface area contributed by atoms with Crippen LogP contribution in [0, 0.1) is 6.92 Å². The van der Waals surface area contributed by atoms with Crippen LogP contribution in [0.4, 0.5) is 0 Å². The topological polar surface area (TPSA) is 78.0 Å². The summed E-state index contributed by atoms with van der Waals surface area (Å²) in [6.07, 6.45) is 0. The lowest BCUT2D eigenvalue weighted by atomic mass is 9.92. The van der Waals surface area contributed by atoms with Crippen LogP contribution < -0.4 is 0 Å². The molecule has 0 N–H and O–H groups in total. The zero-order valence-corrected chi connectivity index (χ0v) is 20.0. The van der Waals surface area contributed by atoms with E-state index in [1.807, 2.05) is 55.6 Å². The Morgan fingerprint density at radius 3 is 2.09 bits per heavy atom. The number of likely N-dealkylation sites (N-methyl/N-ethyl adjacent to an activating group) is 1. The van der Waals surface area contributed by atoms with E-state index < -0.39 is 11.9 Å². The van der Waals surface area contributed by atoms with Gasteiger partial charge < -0.3 is 14.2 Å². The number of carbonyl (C=O) groups is 2. The highest BCUT2D eigenvalue weighted by Crippen LogP contribution is 2.32. The summed E-state index contributed by atoms with van der Waals surface area (Å²) in [4.78, 5) is 32.2. The van der Waals surface area contributed by atoms with Crippen LogP contribution in [-0.2, 0) is 27.4 Å². The van der Waals surface area contributed by atoms with E-state index in [9.17, 15) is 9.59 Å². The fourth-order valence-corrected chi connectivity index (χ4v) is 3.80. The Morgan fingerprint density at radius 1 is 0.882 bits per heavy atom. The van der Waals surface area contributed by atoms with Gasteiger partial charge in [-0.3, -0.25) is 9.88 Å². The summed E-state index contributed by atoms with van der Waals surface area (Å²) in [6.45, 7) is 3.78. The van der Waals surface area contributed by atoms with E-state index in [1.165, 1.54) is 19.8 Å². The first-order chi connectivity index (χ1) is 16.5. The molecule has 0 saturated heterocycles. The number of ether oxygens (including phenoxy) is 3. The number of methoxy groups -OCH3 is 2. The number of aryl methyl sites for hydroxylation is 1. The van der Waals surface area contributed by atoms with Crippen molar-refractivity contribution in [3.05, 3.63) is 88.7 Å².